The molecule has 0 saturated heterocycles. The maximum Gasteiger partial charge on any atom is 0.411 e. The van der Waals surface area contributed by atoms with Crippen molar-refractivity contribution < 1.29 is 19.1 Å². The Kier molecular flexibility index (Phi) is 6.99. The quantitative estimate of drug-likeness (QED) is 0.562. The van der Waals surface area contributed by atoms with Crippen LogP contribution >= 0.6 is 0 Å². The molecule has 0 unspecified atom stereocenters. The molecule has 0 bridgehead atoms. The van der Waals surface area contributed by atoms with Gasteiger partial charge in [-0.05, 0) is 50.6 Å². The highest BCUT2D eigenvalue weighted by Crippen LogP contribution is 2.18. The van der Waals surface area contributed by atoms with Gasteiger partial charge >= 0.3 is 6.09 Å². The minimum atomic E-state index is -0.604. The van der Waals surface area contributed by atoms with Crippen LogP contribution in [0.1, 0.15) is 27.3 Å². The molecule has 0 aliphatic heterocycles. The van der Waals surface area contributed by atoms with Gasteiger partial charge in [0.05, 0.1) is 18.0 Å². The molecule has 0 aliphatic rings. The fourth-order valence-corrected chi connectivity index (χ4v) is 2.96. The SMILES string of the molecule is COCCOC(=O)Nc1cccc(NC(=O)c2nn(-c3ccc(C)cc3C)nc2C)c1. The third-order valence-electron chi connectivity index (χ3n) is 4.45. The van der Waals surface area contributed by atoms with E-state index in [-0.39, 0.29) is 12.3 Å². The molecule has 2 amide bonds. The molecule has 2 aromatic carbocycles. The van der Waals surface area contributed by atoms with Crippen LogP contribution < -0.4 is 10.6 Å². The summed E-state index contributed by atoms with van der Waals surface area (Å²) in [6, 6.07) is 12.7. The largest absolute Gasteiger partial charge is 0.447 e. The van der Waals surface area contributed by atoms with Crippen LogP contribution in [0.3, 0.4) is 0 Å². The van der Waals surface area contributed by atoms with Gasteiger partial charge < -0.3 is 14.8 Å². The van der Waals surface area contributed by atoms with Crippen molar-refractivity contribution in [3.63, 3.8) is 0 Å². The van der Waals surface area contributed by atoms with E-state index < -0.39 is 12.0 Å². The Morgan fingerprint density at radius 2 is 1.71 bits per heavy atom. The summed E-state index contributed by atoms with van der Waals surface area (Å²) in [7, 11) is 1.52. The first-order chi connectivity index (χ1) is 14.9. The zero-order valence-corrected chi connectivity index (χ0v) is 17.9. The van der Waals surface area contributed by atoms with Crippen LogP contribution in [0.4, 0.5) is 16.2 Å². The van der Waals surface area contributed by atoms with Crippen molar-refractivity contribution in [1.29, 1.82) is 0 Å². The first-order valence-electron chi connectivity index (χ1n) is 9.73. The highest BCUT2D eigenvalue weighted by atomic mass is 16.6. The molecule has 162 valence electrons. The zero-order valence-electron chi connectivity index (χ0n) is 17.9. The van der Waals surface area contributed by atoms with E-state index >= 15 is 0 Å². The first kappa shape index (κ1) is 22.0. The Morgan fingerprint density at radius 3 is 2.42 bits per heavy atom. The van der Waals surface area contributed by atoms with Gasteiger partial charge in [0.2, 0.25) is 0 Å². The number of rotatable bonds is 7. The van der Waals surface area contributed by atoms with Crippen molar-refractivity contribution in [3.8, 4) is 5.69 Å². The number of hydrogen-bond acceptors (Lipinski definition) is 6. The molecule has 1 aromatic heterocycles. The second kappa shape index (κ2) is 9.86. The monoisotopic (exact) mass is 423 g/mol. The number of ether oxygens (including phenoxy) is 2. The summed E-state index contributed by atoms with van der Waals surface area (Å²) in [5, 5.41) is 14.1. The van der Waals surface area contributed by atoms with Gasteiger partial charge in [-0.15, -0.1) is 5.10 Å². The summed E-state index contributed by atoms with van der Waals surface area (Å²) >= 11 is 0. The third-order valence-corrected chi connectivity index (χ3v) is 4.45. The standard InChI is InChI=1S/C22H25N5O4/c1-14-8-9-19(15(2)12-14)27-25-16(3)20(26-27)21(28)23-17-6-5-7-18(13-17)24-22(29)31-11-10-30-4/h5-9,12-13H,10-11H2,1-4H3,(H,23,28)(H,24,29). The number of amides is 2. The highest BCUT2D eigenvalue weighted by Gasteiger charge is 2.17. The van der Waals surface area contributed by atoms with E-state index in [1.54, 1.807) is 31.2 Å². The lowest BCUT2D eigenvalue weighted by atomic mass is 10.1. The van der Waals surface area contributed by atoms with Gasteiger partial charge in [-0.25, -0.2) is 4.79 Å². The first-order valence-corrected chi connectivity index (χ1v) is 9.73. The Balaban J connectivity index is 1.71. The second-order valence-electron chi connectivity index (χ2n) is 7.00. The number of carbonyl (C=O) groups excluding carboxylic acids is 2. The Hall–Kier alpha value is -3.72. The number of carbonyl (C=O) groups is 2. The van der Waals surface area contributed by atoms with Gasteiger partial charge in [-0.2, -0.15) is 9.90 Å². The van der Waals surface area contributed by atoms with E-state index in [4.69, 9.17) is 9.47 Å². The molecule has 3 aromatic rings. The Bertz CT molecular complexity index is 1090. The molecule has 9 nitrogen and oxygen atoms in total. The van der Waals surface area contributed by atoms with E-state index in [1.165, 1.54) is 11.9 Å². The lowest BCUT2D eigenvalue weighted by Gasteiger charge is -2.09. The molecule has 0 spiro atoms. The highest BCUT2D eigenvalue weighted by molar-refractivity contribution is 6.03. The lowest BCUT2D eigenvalue weighted by Crippen LogP contribution is -2.17. The van der Waals surface area contributed by atoms with Crippen LogP contribution in [-0.4, -0.2) is 47.3 Å². The predicted molar refractivity (Wildman–Crippen MR) is 117 cm³/mol. The lowest BCUT2D eigenvalue weighted by molar-refractivity contribution is 0.102. The van der Waals surface area contributed by atoms with Gasteiger partial charge in [0.1, 0.15) is 6.61 Å². The summed E-state index contributed by atoms with van der Waals surface area (Å²) in [4.78, 5) is 26.0. The van der Waals surface area contributed by atoms with Crippen molar-refractivity contribution >= 4 is 23.4 Å². The Morgan fingerprint density at radius 1 is 0.968 bits per heavy atom. The van der Waals surface area contributed by atoms with Gasteiger partial charge in [0.25, 0.3) is 5.91 Å². The summed E-state index contributed by atoms with van der Waals surface area (Å²) in [5.41, 5.74) is 4.67. The summed E-state index contributed by atoms with van der Waals surface area (Å²) in [6.07, 6.45) is -0.604. The van der Waals surface area contributed by atoms with Gasteiger partial charge in [0.15, 0.2) is 5.69 Å². The number of aromatic nitrogens is 3. The normalized spacial score (nSPS) is 10.6. The van der Waals surface area contributed by atoms with Gasteiger partial charge in [-0.1, -0.05) is 23.8 Å². The molecule has 0 radical (unpaired) electrons. The molecular weight excluding hydrogens is 398 g/mol. The zero-order chi connectivity index (χ0) is 22.4. The van der Waals surface area contributed by atoms with Crippen LogP contribution in [0, 0.1) is 20.8 Å². The molecule has 0 aliphatic carbocycles. The number of benzene rings is 2. The average molecular weight is 423 g/mol. The van der Waals surface area contributed by atoms with Crippen LogP contribution in [0.25, 0.3) is 5.69 Å². The predicted octanol–water partition coefficient (Wildman–Crippen LogP) is 3.64. The second-order valence-corrected chi connectivity index (χ2v) is 7.00. The molecule has 9 heteroatoms. The van der Waals surface area contributed by atoms with Crippen LogP contribution in [-0.2, 0) is 9.47 Å². The molecule has 0 saturated carbocycles. The van der Waals surface area contributed by atoms with Crippen LogP contribution in [0.2, 0.25) is 0 Å². The van der Waals surface area contributed by atoms with E-state index in [0.717, 1.165) is 16.8 Å². The van der Waals surface area contributed by atoms with E-state index in [1.807, 2.05) is 32.0 Å². The van der Waals surface area contributed by atoms with Crippen LogP contribution in [0.15, 0.2) is 42.5 Å². The fraction of sp³-hybridized carbons (Fsp3) is 0.273. The van der Waals surface area contributed by atoms with Crippen LogP contribution in [0.5, 0.6) is 0 Å². The van der Waals surface area contributed by atoms with Crippen molar-refractivity contribution in [2.24, 2.45) is 0 Å². The maximum absolute atomic E-state index is 12.8. The van der Waals surface area contributed by atoms with Crippen molar-refractivity contribution in [1.82, 2.24) is 15.0 Å². The minimum Gasteiger partial charge on any atom is -0.447 e. The van der Waals surface area contributed by atoms with E-state index in [9.17, 15) is 9.59 Å². The molecule has 31 heavy (non-hydrogen) atoms. The Labute approximate surface area is 180 Å². The molecule has 0 fully saturated rings. The maximum atomic E-state index is 12.8. The smallest absolute Gasteiger partial charge is 0.411 e. The molecule has 2 N–H and O–H groups in total. The van der Waals surface area contributed by atoms with Crippen molar-refractivity contribution in [2.75, 3.05) is 31.0 Å². The average Bonchev–Trinajstić information content (AvgIpc) is 3.10. The fourth-order valence-electron chi connectivity index (χ4n) is 2.96. The molecule has 3 rings (SSSR count). The van der Waals surface area contributed by atoms with E-state index in [2.05, 4.69) is 20.8 Å². The number of nitrogens with one attached hydrogen (secondary N) is 2. The molecule has 1 heterocycles. The number of hydrogen-bond donors (Lipinski definition) is 2. The summed E-state index contributed by atoms with van der Waals surface area (Å²) < 4.78 is 9.80. The van der Waals surface area contributed by atoms with Crippen molar-refractivity contribution in [3.05, 3.63) is 65.0 Å². The third kappa shape index (κ3) is 5.67. The van der Waals surface area contributed by atoms with E-state index in [0.29, 0.717) is 23.7 Å². The number of methoxy groups -OCH3 is 1. The number of aryl methyl sites for hydroxylation is 3. The van der Waals surface area contributed by atoms with Gasteiger partial charge in [-0.3, -0.25) is 10.1 Å². The minimum absolute atomic E-state index is 0.147. The van der Waals surface area contributed by atoms with Crippen molar-refractivity contribution in [2.45, 2.75) is 20.8 Å². The topological polar surface area (TPSA) is 107 Å². The number of nitrogens with zero attached hydrogens (tertiary/aromatic N) is 3. The van der Waals surface area contributed by atoms with Gasteiger partial charge in [0, 0.05) is 18.5 Å². The summed E-state index contributed by atoms with van der Waals surface area (Å²) in [6.45, 7) is 6.18. The molecule has 0 atom stereocenters. The number of anilines is 2. The molecular formula is C22H25N5O4. The summed E-state index contributed by atoms with van der Waals surface area (Å²) in [5.74, 6) is -0.395.